The lowest BCUT2D eigenvalue weighted by atomic mass is 10.1. The number of para-hydroxylation sites is 1. The minimum Gasteiger partial charge on any atom is -0.310 e. The second-order valence-electron chi connectivity index (χ2n) is 7.67. The number of nitrogens with one attached hydrogen (secondary N) is 1. The van der Waals surface area contributed by atoms with Gasteiger partial charge in [-0.05, 0) is 55.3 Å². The molecule has 29 heavy (non-hydrogen) atoms. The molecule has 152 valence electrons. The second-order valence-corrected chi connectivity index (χ2v) is 7.67. The summed E-state index contributed by atoms with van der Waals surface area (Å²) in [5, 5.41) is 12.1. The molecule has 5 heteroatoms. The number of halogens is 1. The fraction of sp³-hybridized carbons (Fsp3) is 0.333. The molecule has 2 aromatic heterocycles. The van der Waals surface area contributed by atoms with Crippen LogP contribution in [0.3, 0.4) is 0 Å². The number of rotatable bonds is 8. The number of aromatic nitrogens is 3. The summed E-state index contributed by atoms with van der Waals surface area (Å²) in [6.45, 7) is 3.19. The molecule has 0 saturated carbocycles. The van der Waals surface area contributed by atoms with Crippen LogP contribution in [-0.4, -0.2) is 20.8 Å². The van der Waals surface area contributed by atoms with Crippen LogP contribution < -0.4 is 5.32 Å². The van der Waals surface area contributed by atoms with E-state index in [9.17, 15) is 0 Å². The number of benzene rings is 2. The van der Waals surface area contributed by atoms with E-state index >= 15 is 0 Å². The summed E-state index contributed by atoms with van der Waals surface area (Å²) in [7, 11) is 2.03. The van der Waals surface area contributed by atoms with Gasteiger partial charge in [0.2, 0.25) is 0 Å². The number of pyridine rings is 1. The van der Waals surface area contributed by atoms with E-state index in [1.54, 1.807) is 0 Å². The first-order valence-electron chi connectivity index (χ1n) is 10.2. The Labute approximate surface area is 178 Å². The number of nitrogens with zero attached hydrogens (tertiary/aromatic N) is 3. The second kappa shape index (κ2) is 9.86. The Morgan fingerprint density at radius 2 is 1.90 bits per heavy atom. The van der Waals surface area contributed by atoms with Crippen molar-refractivity contribution in [2.75, 3.05) is 0 Å². The largest absolute Gasteiger partial charge is 0.310 e. The summed E-state index contributed by atoms with van der Waals surface area (Å²) in [5.74, 6) is 0. The van der Waals surface area contributed by atoms with Gasteiger partial charge in [0, 0.05) is 42.8 Å². The van der Waals surface area contributed by atoms with Gasteiger partial charge in [0.25, 0.3) is 0 Å². The van der Waals surface area contributed by atoms with E-state index < -0.39 is 0 Å². The van der Waals surface area contributed by atoms with Crippen LogP contribution in [0.1, 0.15) is 37.4 Å². The summed E-state index contributed by atoms with van der Waals surface area (Å²) in [6.07, 6.45) is 8.39. The van der Waals surface area contributed by atoms with Crippen LogP contribution in [0.25, 0.3) is 21.7 Å². The molecule has 1 N–H and O–H groups in total. The van der Waals surface area contributed by atoms with E-state index in [2.05, 4.69) is 65.8 Å². The normalized spacial score (nSPS) is 12.2. The molecule has 2 aromatic carbocycles. The number of fused-ring (bicyclic) bond motifs is 2. The van der Waals surface area contributed by atoms with Crippen LogP contribution in [0.2, 0.25) is 0 Å². The molecule has 1 atom stereocenters. The molecule has 0 aliphatic carbocycles. The summed E-state index contributed by atoms with van der Waals surface area (Å²) in [6, 6.07) is 17.7. The summed E-state index contributed by atoms with van der Waals surface area (Å²) in [5.41, 5.74) is 3.77. The summed E-state index contributed by atoms with van der Waals surface area (Å²) < 4.78 is 1.99. The molecule has 0 aliphatic rings. The van der Waals surface area contributed by atoms with Crippen molar-refractivity contribution in [3.63, 3.8) is 0 Å². The molecule has 2 heterocycles. The van der Waals surface area contributed by atoms with Crippen molar-refractivity contribution < 1.29 is 0 Å². The molecule has 0 fully saturated rings. The van der Waals surface area contributed by atoms with E-state index in [0.717, 1.165) is 13.0 Å². The lowest BCUT2D eigenvalue weighted by Gasteiger charge is -2.14. The summed E-state index contributed by atoms with van der Waals surface area (Å²) in [4.78, 5) is 4.18. The molecule has 0 spiro atoms. The van der Waals surface area contributed by atoms with Crippen molar-refractivity contribution in [3.8, 4) is 0 Å². The van der Waals surface area contributed by atoms with E-state index in [1.165, 1.54) is 52.2 Å². The molecule has 0 unspecified atom stereocenters. The number of hydrogen-bond donors (Lipinski definition) is 1. The average molecular weight is 409 g/mol. The first-order valence-corrected chi connectivity index (χ1v) is 10.2. The summed E-state index contributed by atoms with van der Waals surface area (Å²) >= 11 is 0. The highest BCUT2D eigenvalue weighted by Crippen LogP contribution is 2.19. The maximum Gasteiger partial charge on any atom is 0.0703 e. The molecule has 0 radical (unpaired) electrons. The van der Waals surface area contributed by atoms with Crippen molar-refractivity contribution in [1.29, 1.82) is 0 Å². The van der Waals surface area contributed by atoms with E-state index in [4.69, 9.17) is 5.10 Å². The standard InChI is InChI=1S/C24H28N4.ClH/c1-18(26-16-19-11-12-21-17-25-14-13-20(21)15-19)7-3-5-9-23-22-8-4-6-10-24(22)28(2)27-23;/h4,6,8,10-15,17-18,26H,3,5,7,9,16H2,1-2H3;1H/t18-;/m1./s1. The SMILES string of the molecule is C[C@H](CCCCc1nn(C)c2ccccc12)NCc1ccc2cnccc2c1.Cl. The highest BCUT2D eigenvalue weighted by Gasteiger charge is 2.08. The average Bonchev–Trinajstić information content (AvgIpc) is 3.05. The third-order valence-electron chi connectivity index (χ3n) is 5.49. The van der Waals surface area contributed by atoms with Crippen LogP contribution >= 0.6 is 12.4 Å². The van der Waals surface area contributed by atoms with Gasteiger partial charge in [-0.2, -0.15) is 5.10 Å². The molecule has 0 saturated heterocycles. The predicted molar refractivity (Wildman–Crippen MR) is 124 cm³/mol. The highest BCUT2D eigenvalue weighted by atomic mass is 35.5. The Morgan fingerprint density at radius 1 is 1.03 bits per heavy atom. The Balaban J connectivity index is 0.00000240. The Kier molecular flexibility index (Phi) is 7.24. The number of aryl methyl sites for hydroxylation is 2. The lowest BCUT2D eigenvalue weighted by Crippen LogP contribution is -2.25. The quantitative estimate of drug-likeness (QED) is 0.395. The molecule has 4 nitrogen and oxygen atoms in total. The van der Waals surface area contributed by atoms with E-state index in [-0.39, 0.29) is 12.4 Å². The monoisotopic (exact) mass is 408 g/mol. The smallest absolute Gasteiger partial charge is 0.0703 e. The van der Waals surface area contributed by atoms with Crippen molar-refractivity contribution in [3.05, 3.63) is 72.2 Å². The Hall–Kier alpha value is -2.43. The van der Waals surface area contributed by atoms with E-state index in [0.29, 0.717) is 6.04 Å². The third kappa shape index (κ3) is 5.14. The Bertz CT molecular complexity index is 1070. The fourth-order valence-electron chi connectivity index (χ4n) is 3.85. The van der Waals surface area contributed by atoms with Gasteiger partial charge < -0.3 is 5.32 Å². The molecule has 0 amide bonds. The minimum atomic E-state index is 0. The van der Waals surface area contributed by atoms with Crippen molar-refractivity contribution in [2.24, 2.45) is 7.05 Å². The van der Waals surface area contributed by atoms with Gasteiger partial charge in [0.1, 0.15) is 0 Å². The van der Waals surface area contributed by atoms with Gasteiger partial charge in [0.05, 0.1) is 11.2 Å². The Morgan fingerprint density at radius 3 is 2.79 bits per heavy atom. The van der Waals surface area contributed by atoms with Gasteiger partial charge in [-0.25, -0.2) is 0 Å². The molecular formula is C24H29ClN4. The zero-order valence-corrected chi connectivity index (χ0v) is 18.0. The van der Waals surface area contributed by atoms with Gasteiger partial charge in [0.15, 0.2) is 0 Å². The molecule has 4 aromatic rings. The van der Waals surface area contributed by atoms with E-state index in [1.807, 2.05) is 24.1 Å². The van der Waals surface area contributed by atoms with Crippen molar-refractivity contribution in [1.82, 2.24) is 20.1 Å². The maximum atomic E-state index is 4.70. The van der Waals surface area contributed by atoms with Gasteiger partial charge in [-0.15, -0.1) is 12.4 Å². The van der Waals surface area contributed by atoms with Gasteiger partial charge in [-0.3, -0.25) is 9.67 Å². The zero-order chi connectivity index (χ0) is 19.3. The topological polar surface area (TPSA) is 42.7 Å². The number of unbranched alkanes of at least 4 members (excludes halogenated alkanes) is 1. The molecule has 0 aliphatic heterocycles. The minimum absolute atomic E-state index is 0. The molecule has 4 rings (SSSR count). The number of hydrogen-bond acceptors (Lipinski definition) is 3. The van der Waals surface area contributed by atoms with Crippen LogP contribution in [0.4, 0.5) is 0 Å². The first kappa shape index (κ1) is 21.3. The van der Waals surface area contributed by atoms with Gasteiger partial charge in [-0.1, -0.05) is 36.8 Å². The van der Waals surface area contributed by atoms with Crippen molar-refractivity contribution in [2.45, 2.75) is 45.2 Å². The highest BCUT2D eigenvalue weighted by molar-refractivity contribution is 5.85. The van der Waals surface area contributed by atoms with Crippen molar-refractivity contribution >= 4 is 34.1 Å². The fourth-order valence-corrected chi connectivity index (χ4v) is 3.85. The maximum absolute atomic E-state index is 4.70. The molecule has 0 bridgehead atoms. The zero-order valence-electron chi connectivity index (χ0n) is 17.1. The third-order valence-corrected chi connectivity index (χ3v) is 5.49. The van der Waals surface area contributed by atoms with Crippen LogP contribution in [0.15, 0.2) is 60.9 Å². The first-order chi connectivity index (χ1) is 13.7. The molecular weight excluding hydrogens is 380 g/mol. The van der Waals surface area contributed by atoms with Crippen LogP contribution in [0.5, 0.6) is 0 Å². The van der Waals surface area contributed by atoms with Gasteiger partial charge >= 0.3 is 0 Å². The predicted octanol–water partition coefficient (Wildman–Crippen LogP) is 5.43. The van der Waals surface area contributed by atoms with Crippen LogP contribution in [-0.2, 0) is 20.0 Å². The lowest BCUT2D eigenvalue weighted by molar-refractivity contribution is 0.488. The van der Waals surface area contributed by atoms with Crippen LogP contribution in [0, 0.1) is 0 Å².